The third kappa shape index (κ3) is 2.54. The normalized spacial score (nSPS) is 14.2. The highest BCUT2D eigenvalue weighted by Crippen LogP contribution is 2.26. The van der Waals surface area contributed by atoms with E-state index in [2.05, 4.69) is 16.0 Å². The van der Waals surface area contributed by atoms with Gasteiger partial charge in [-0.25, -0.2) is 9.78 Å². The van der Waals surface area contributed by atoms with Gasteiger partial charge in [0.15, 0.2) is 0 Å². The molecule has 0 spiro atoms. The zero-order valence-corrected chi connectivity index (χ0v) is 13.1. The van der Waals surface area contributed by atoms with E-state index in [1.807, 2.05) is 48.7 Å². The SMILES string of the molecule is O=C(O)N1CCCc2ccc(/C=C/c3cccc4[nH]ccc34)nc21. The molecule has 0 saturated heterocycles. The fourth-order valence-corrected chi connectivity index (χ4v) is 3.16. The summed E-state index contributed by atoms with van der Waals surface area (Å²) in [6, 6.07) is 12.1. The molecule has 0 radical (unpaired) electrons. The van der Waals surface area contributed by atoms with Crippen LogP contribution in [0, 0.1) is 0 Å². The Morgan fingerprint density at radius 2 is 2.12 bits per heavy atom. The number of pyridine rings is 1. The minimum absolute atomic E-state index is 0.505. The summed E-state index contributed by atoms with van der Waals surface area (Å²) < 4.78 is 0. The van der Waals surface area contributed by atoms with Crippen LogP contribution in [0.25, 0.3) is 23.1 Å². The average molecular weight is 319 g/mol. The van der Waals surface area contributed by atoms with E-state index in [9.17, 15) is 9.90 Å². The van der Waals surface area contributed by atoms with E-state index in [1.165, 1.54) is 4.90 Å². The molecule has 2 N–H and O–H groups in total. The summed E-state index contributed by atoms with van der Waals surface area (Å²) in [5, 5.41) is 10.5. The van der Waals surface area contributed by atoms with E-state index in [0.29, 0.717) is 12.4 Å². The van der Waals surface area contributed by atoms with Gasteiger partial charge in [-0.3, -0.25) is 4.90 Å². The molecule has 1 aliphatic heterocycles. The molecule has 0 atom stereocenters. The first kappa shape index (κ1) is 14.5. The molecule has 1 amide bonds. The average Bonchev–Trinajstić information content (AvgIpc) is 3.08. The van der Waals surface area contributed by atoms with E-state index in [-0.39, 0.29) is 0 Å². The summed E-state index contributed by atoms with van der Waals surface area (Å²) in [7, 11) is 0. The number of hydrogen-bond acceptors (Lipinski definition) is 2. The Morgan fingerprint density at radius 1 is 1.21 bits per heavy atom. The van der Waals surface area contributed by atoms with Crippen LogP contribution in [0.2, 0.25) is 0 Å². The standard InChI is InChI=1S/C19H17N3O2/c23-19(24)22-12-2-4-14-7-9-15(21-18(14)22)8-6-13-3-1-5-17-16(13)10-11-20-17/h1,3,5-11,20H,2,4,12H2,(H,23,24)/b8-6+. The fraction of sp³-hybridized carbons (Fsp3) is 0.158. The number of aromatic nitrogens is 2. The van der Waals surface area contributed by atoms with Crippen molar-refractivity contribution >= 4 is 35.0 Å². The topological polar surface area (TPSA) is 69.2 Å². The van der Waals surface area contributed by atoms with E-state index in [4.69, 9.17) is 0 Å². The molecular formula is C19H17N3O2. The predicted molar refractivity (Wildman–Crippen MR) is 95.2 cm³/mol. The van der Waals surface area contributed by atoms with Crippen LogP contribution >= 0.6 is 0 Å². The van der Waals surface area contributed by atoms with Crippen LogP contribution in [0.1, 0.15) is 23.2 Å². The van der Waals surface area contributed by atoms with Crippen LogP contribution in [0.15, 0.2) is 42.6 Å². The van der Waals surface area contributed by atoms with Crippen molar-refractivity contribution < 1.29 is 9.90 Å². The molecule has 3 heterocycles. The summed E-state index contributed by atoms with van der Waals surface area (Å²) in [4.78, 5) is 20.5. The van der Waals surface area contributed by atoms with Crippen LogP contribution in [-0.2, 0) is 6.42 Å². The summed E-state index contributed by atoms with van der Waals surface area (Å²) in [5.41, 5.74) is 3.94. The Kier molecular flexibility index (Phi) is 3.54. The lowest BCUT2D eigenvalue weighted by molar-refractivity contribution is 0.201. The summed E-state index contributed by atoms with van der Waals surface area (Å²) in [6.45, 7) is 0.505. The van der Waals surface area contributed by atoms with Gasteiger partial charge in [-0.05, 0) is 48.2 Å². The Labute approximate surface area is 139 Å². The minimum Gasteiger partial charge on any atom is -0.465 e. The maximum atomic E-state index is 11.4. The number of fused-ring (bicyclic) bond motifs is 2. The van der Waals surface area contributed by atoms with Gasteiger partial charge in [0.2, 0.25) is 0 Å². The second-order valence-electron chi connectivity index (χ2n) is 5.88. The molecule has 5 nitrogen and oxygen atoms in total. The number of rotatable bonds is 2. The van der Waals surface area contributed by atoms with Crippen LogP contribution in [0.5, 0.6) is 0 Å². The summed E-state index contributed by atoms with van der Waals surface area (Å²) >= 11 is 0. The Hall–Kier alpha value is -3.08. The molecule has 0 aliphatic carbocycles. The molecule has 1 aromatic carbocycles. The maximum Gasteiger partial charge on any atom is 0.413 e. The second kappa shape index (κ2) is 5.85. The van der Waals surface area contributed by atoms with Crippen molar-refractivity contribution in [1.82, 2.24) is 9.97 Å². The third-order valence-corrected chi connectivity index (χ3v) is 4.35. The smallest absolute Gasteiger partial charge is 0.413 e. The highest BCUT2D eigenvalue weighted by atomic mass is 16.4. The molecule has 5 heteroatoms. The van der Waals surface area contributed by atoms with Gasteiger partial charge in [0.05, 0.1) is 5.69 Å². The number of aryl methyl sites for hydroxylation is 1. The van der Waals surface area contributed by atoms with E-state index < -0.39 is 6.09 Å². The van der Waals surface area contributed by atoms with Crippen molar-refractivity contribution in [2.75, 3.05) is 11.4 Å². The third-order valence-electron chi connectivity index (χ3n) is 4.35. The maximum absolute atomic E-state index is 11.4. The van der Waals surface area contributed by atoms with Crippen molar-refractivity contribution in [2.45, 2.75) is 12.8 Å². The number of amides is 1. The largest absolute Gasteiger partial charge is 0.465 e. The van der Waals surface area contributed by atoms with Gasteiger partial charge >= 0.3 is 6.09 Å². The first-order chi connectivity index (χ1) is 11.7. The molecule has 0 unspecified atom stereocenters. The number of H-pyrrole nitrogens is 1. The fourth-order valence-electron chi connectivity index (χ4n) is 3.16. The second-order valence-corrected chi connectivity index (χ2v) is 5.88. The molecule has 120 valence electrons. The van der Waals surface area contributed by atoms with Gasteiger partial charge < -0.3 is 10.1 Å². The first-order valence-electron chi connectivity index (χ1n) is 7.97. The number of nitrogens with one attached hydrogen (secondary N) is 1. The van der Waals surface area contributed by atoms with Crippen LogP contribution in [0.3, 0.4) is 0 Å². The van der Waals surface area contributed by atoms with Crippen molar-refractivity contribution in [3.8, 4) is 0 Å². The number of carbonyl (C=O) groups is 1. The van der Waals surface area contributed by atoms with Crippen molar-refractivity contribution in [3.05, 3.63) is 59.4 Å². The molecular weight excluding hydrogens is 302 g/mol. The van der Waals surface area contributed by atoms with Crippen molar-refractivity contribution in [1.29, 1.82) is 0 Å². The van der Waals surface area contributed by atoms with Crippen LogP contribution in [-0.4, -0.2) is 27.7 Å². The van der Waals surface area contributed by atoms with Gasteiger partial charge in [0.1, 0.15) is 5.82 Å². The van der Waals surface area contributed by atoms with Crippen LogP contribution < -0.4 is 4.90 Å². The molecule has 0 bridgehead atoms. The van der Waals surface area contributed by atoms with E-state index in [0.717, 1.165) is 40.6 Å². The predicted octanol–water partition coefficient (Wildman–Crippen LogP) is 4.16. The highest BCUT2D eigenvalue weighted by molar-refractivity contribution is 5.91. The zero-order valence-electron chi connectivity index (χ0n) is 13.1. The van der Waals surface area contributed by atoms with Gasteiger partial charge in [-0.2, -0.15) is 0 Å². The first-order valence-corrected chi connectivity index (χ1v) is 7.97. The van der Waals surface area contributed by atoms with E-state index >= 15 is 0 Å². The molecule has 0 saturated carbocycles. The molecule has 3 aromatic rings. The van der Waals surface area contributed by atoms with Gasteiger partial charge in [0, 0.05) is 23.6 Å². The molecule has 24 heavy (non-hydrogen) atoms. The Balaban J connectivity index is 1.69. The highest BCUT2D eigenvalue weighted by Gasteiger charge is 2.23. The molecule has 2 aromatic heterocycles. The van der Waals surface area contributed by atoms with Gasteiger partial charge in [-0.1, -0.05) is 24.3 Å². The lowest BCUT2D eigenvalue weighted by Gasteiger charge is -2.25. The van der Waals surface area contributed by atoms with Crippen molar-refractivity contribution in [3.63, 3.8) is 0 Å². The molecule has 4 rings (SSSR count). The van der Waals surface area contributed by atoms with Gasteiger partial charge in [0.25, 0.3) is 0 Å². The summed E-state index contributed by atoms with van der Waals surface area (Å²) in [6.07, 6.45) is 6.63. The number of benzene rings is 1. The summed E-state index contributed by atoms with van der Waals surface area (Å²) in [5.74, 6) is 0.566. The minimum atomic E-state index is -0.943. The van der Waals surface area contributed by atoms with Gasteiger partial charge in [-0.15, -0.1) is 0 Å². The quantitative estimate of drug-likeness (QED) is 0.745. The number of anilines is 1. The van der Waals surface area contributed by atoms with Crippen molar-refractivity contribution in [2.24, 2.45) is 0 Å². The number of hydrogen-bond donors (Lipinski definition) is 2. The zero-order chi connectivity index (χ0) is 16.5. The monoisotopic (exact) mass is 319 g/mol. The number of aromatic amines is 1. The van der Waals surface area contributed by atoms with Crippen LogP contribution in [0.4, 0.5) is 10.6 Å². The Bertz CT molecular complexity index is 943. The van der Waals surface area contributed by atoms with E-state index in [1.54, 1.807) is 0 Å². The Morgan fingerprint density at radius 3 is 3.00 bits per heavy atom. The molecule has 1 aliphatic rings. The molecule has 0 fully saturated rings. The lowest BCUT2D eigenvalue weighted by Crippen LogP contribution is -2.35. The lowest BCUT2D eigenvalue weighted by atomic mass is 10.1. The number of nitrogens with zero attached hydrogens (tertiary/aromatic N) is 2. The number of carboxylic acid groups (broad SMARTS) is 1.